The molecule has 0 spiro atoms. The van der Waals surface area contributed by atoms with Crippen molar-refractivity contribution in [1.29, 1.82) is 0 Å². The van der Waals surface area contributed by atoms with E-state index in [1.807, 2.05) is 36.0 Å². The number of anilines is 1. The third-order valence-electron chi connectivity index (χ3n) is 4.02. The second-order valence-corrected chi connectivity index (χ2v) is 5.46. The zero-order valence-corrected chi connectivity index (χ0v) is 13.2. The molecule has 0 aliphatic carbocycles. The summed E-state index contributed by atoms with van der Waals surface area (Å²) in [4.78, 5) is 20.7. The molecule has 0 saturated heterocycles. The lowest BCUT2D eigenvalue weighted by Crippen LogP contribution is -2.11. The maximum atomic E-state index is 11.6. The molecule has 1 amide bonds. The van der Waals surface area contributed by atoms with Crippen LogP contribution in [-0.2, 0) is 7.05 Å². The van der Waals surface area contributed by atoms with E-state index in [1.165, 1.54) is 6.20 Å². The summed E-state index contributed by atoms with van der Waals surface area (Å²) in [7, 11) is 3.72. The molecule has 8 nitrogen and oxygen atoms in total. The Labute approximate surface area is 137 Å². The number of nitrogens with one attached hydrogen (secondary N) is 1. The van der Waals surface area contributed by atoms with Gasteiger partial charge in [-0.05, 0) is 12.1 Å². The molecule has 2 aliphatic heterocycles. The minimum Gasteiger partial charge on any atom is -0.373 e. The Bertz CT molecular complexity index is 1050. The highest BCUT2D eigenvalue weighted by Gasteiger charge is 2.19. The van der Waals surface area contributed by atoms with Gasteiger partial charge in [-0.2, -0.15) is 9.61 Å². The first kappa shape index (κ1) is 14.2. The lowest BCUT2D eigenvalue weighted by molar-refractivity contribution is 0.100. The highest BCUT2D eigenvalue weighted by atomic mass is 16.1. The number of fused-ring (bicyclic) bond motifs is 2. The van der Waals surface area contributed by atoms with E-state index in [0.29, 0.717) is 17.2 Å². The Kier molecular flexibility index (Phi) is 2.99. The van der Waals surface area contributed by atoms with Crippen molar-refractivity contribution in [2.45, 2.75) is 0 Å². The highest BCUT2D eigenvalue weighted by molar-refractivity contribution is 5.99. The second-order valence-electron chi connectivity index (χ2n) is 5.46. The zero-order chi connectivity index (χ0) is 16.8. The summed E-state index contributed by atoms with van der Waals surface area (Å²) < 4.78 is 3.51. The fourth-order valence-corrected chi connectivity index (χ4v) is 2.83. The molecule has 2 aromatic heterocycles. The lowest BCUT2D eigenvalue weighted by Gasteiger charge is -2.09. The van der Waals surface area contributed by atoms with Crippen LogP contribution in [0.5, 0.6) is 0 Å². The summed E-state index contributed by atoms with van der Waals surface area (Å²) in [6.45, 7) is 0. The van der Waals surface area contributed by atoms with Crippen LogP contribution in [0.3, 0.4) is 0 Å². The fourth-order valence-electron chi connectivity index (χ4n) is 2.83. The SMILES string of the molecule is CNc1cc(-c2cnc3n(C)cccc2-3)nc2c(C(N)=O)cnn12. The third-order valence-corrected chi connectivity index (χ3v) is 4.02. The molecule has 0 bridgehead atoms. The van der Waals surface area contributed by atoms with Crippen molar-refractivity contribution in [3.05, 3.63) is 42.4 Å². The van der Waals surface area contributed by atoms with E-state index < -0.39 is 5.91 Å². The molecule has 3 N–H and O–H groups in total. The number of carbonyl (C=O) groups is 1. The predicted octanol–water partition coefficient (Wildman–Crippen LogP) is 1.38. The molecular formula is C16H15N7O. The topological polar surface area (TPSA) is 103 Å². The Balaban J connectivity index is 2.00. The maximum absolute atomic E-state index is 11.6. The van der Waals surface area contributed by atoms with Crippen molar-refractivity contribution < 1.29 is 4.79 Å². The number of aromatic nitrogens is 5. The molecule has 0 atom stereocenters. The monoisotopic (exact) mass is 321 g/mol. The molecule has 2 aliphatic rings. The summed E-state index contributed by atoms with van der Waals surface area (Å²) in [5.41, 5.74) is 8.69. The van der Waals surface area contributed by atoms with Crippen LogP contribution < -0.4 is 11.1 Å². The summed E-state index contributed by atoms with van der Waals surface area (Å²) in [5, 5.41) is 7.25. The van der Waals surface area contributed by atoms with Crippen LogP contribution in [0, 0.1) is 0 Å². The standard InChI is InChI=1S/C16H15N7O/c1-18-13-6-12(21-16-11(14(17)24)8-20-23(13)16)10-7-19-15-9(10)4-3-5-22(15)2/h3-8,18H,1-2H3,(H2,17,24). The van der Waals surface area contributed by atoms with Gasteiger partial charge in [0.05, 0.1) is 11.9 Å². The van der Waals surface area contributed by atoms with Gasteiger partial charge in [0.25, 0.3) is 5.91 Å². The molecule has 8 heteroatoms. The Morgan fingerprint density at radius 3 is 2.88 bits per heavy atom. The molecule has 4 heterocycles. The lowest BCUT2D eigenvalue weighted by atomic mass is 10.1. The average Bonchev–Trinajstić information content (AvgIpc) is 3.18. The minimum absolute atomic E-state index is 0.280. The number of carbonyl (C=O) groups excluding carboxylic acids is 1. The van der Waals surface area contributed by atoms with E-state index in [0.717, 1.165) is 17.0 Å². The average molecular weight is 321 g/mol. The minimum atomic E-state index is -0.561. The summed E-state index contributed by atoms with van der Waals surface area (Å²) in [6.07, 6.45) is 5.15. The smallest absolute Gasteiger partial charge is 0.254 e. The van der Waals surface area contributed by atoms with Crippen LogP contribution >= 0.6 is 0 Å². The normalized spacial score (nSPS) is 11.2. The van der Waals surface area contributed by atoms with Gasteiger partial charge in [-0.3, -0.25) is 4.79 Å². The number of hydrogen-bond donors (Lipinski definition) is 2. The van der Waals surface area contributed by atoms with Crippen LogP contribution in [-0.4, -0.2) is 37.1 Å². The number of amides is 1. The van der Waals surface area contributed by atoms with Crippen LogP contribution in [0.25, 0.3) is 28.3 Å². The van der Waals surface area contributed by atoms with Gasteiger partial charge in [0.1, 0.15) is 17.2 Å². The molecule has 0 unspecified atom stereocenters. The van der Waals surface area contributed by atoms with E-state index in [4.69, 9.17) is 5.73 Å². The first-order valence-electron chi connectivity index (χ1n) is 7.37. The van der Waals surface area contributed by atoms with Gasteiger partial charge >= 0.3 is 0 Å². The molecular weight excluding hydrogens is 306 g/mol. The van der Waals surface area contributed by atoms with E-state index in [9.17, 15) is 4.79 Å². The first-order chi connectivity index (χ1) is 11.6. The van der Waals surface area contributed by atoms with Gasteiger partial charge in [-0.15, -0.1) is 0 Å². The molecule has 120 valence electrons. The van der Waals surface area contributed by atoms with E-state index in [1.54, 1.807) is 17.8 Å². The Morgan fingerprint density at radius 2 is 2.12 bits per heavy atom. The molecule has 2 aromatic rings. The van der Waals surface area contributed by atoms with Gasteiger partial charge in [0.2, 0.25) is 0 Å². The van der Waals surface area contributed by atoms with Crippen molar-refractivity contribution >= 4 is 17.4 Å². The molecule has 24 heavy (non-hydrogen) atoms. The first-order valence-corrected chi connectivity index (χ1v) is 7.37. The second kappa shape index (κ2) is 5.05. The number of nitrogens with two attached hydrogens (primary N) is 1. The molecule has 0 radical (unpaired) electrons. The number of aryl methyl sites for hydroxylation is 1. The van der Waals surface area contributed by atoms with Gasteiger partial charge in [-0.1, -0.05) is 0 Å². The quantitative estimate of drug-likeness (QED) is 0.593. The molecule has 4 rings (SSSR count). The van der Waals surface area contributed by atoms with Crippen LogP contribution in [0.4, 0.5) is 5.82 Å². The van der Waals surface area contributed by atoms with Gasteiger partial charge in [0, 0.05) is 43.7 Å². The molecule has 0 fully saturated rings. The van der Waals surface area contributed by atoms with Crippen molar-refractivity contribution in [2.75, 3.05) is 12.4 Å². The molecule has 0 aromatic carbocycles. The highest BCUT2D eigenvalue weighted by Crippen LogP contribution is 2.33. The van der Waals surface area contributed by atoms with Crippen molar-refractivity contribution in [1.82, 2.24) is 24.1 Å². The maximum Gasteiger partial charge on any atom is 0.254 e. The summed E-state index contributed by atoms with van der Waals surface area (Å²) >= 11 is 0. The van der Waals surface area contributed by atoms with Gasteiger partial charge < -0.3 is 15.6 Å². The zero-order valence-electron chi connectivity index (χ0n) is 13.2. The largest absolute Gasteiger partial charge is 0.373 e. The predicted molar refractivity (Wildman–Crippen MR) is 89.9 cm³/mol. The van der Waals surface area contributed by atoms with Crippen LogP contribution in [0.1, 0.15) is 10.4 Å². The van der Waals surface area contributed by atoms with Crippen LogP contribution in [0.2, 0.25) is 0 Å². The van der Waals surface area contributed by atoms with E-state index in [2.05, 4.69) is 20.4 Å². The number of rotatable bonds is 3. The number of nitrogens with zero attached hydrogens (tertiary/aromatic N) is 5. The van der Waals surface area contributed by atoms with Crippen LogP contribution in [0.15, 0.2) is 36.8 Å². The van der Waals surface area contributed by atoms with Crippen molar-refractivity contribution in [3.8, 4) is 22.6 Å². The van der Waals surface area contributed by atoms with E-state index >= 15 is 0 Å². The summed E-state index contributed by atoms with van der Waals surface area (Å²) in [6, 6.07) is 5.82. The third kappa shape index (κ3) is 1.93. The number of hydrogen-bond acceptors (Lipinski definition) is 5. The fraction of sp³-hybridized carbons (Fsp3) is 0.125. The van der Waals surface area contributed by atoms with Crippen molar-refractivity contribution in [2.24, 2.45) is 12.8 Å². The van der Waals surface area contributed by atoms with Gasteiger partial charge in [-0.25, -0.2) is 9.97 Å². The van der Waals surface area contributed by atoms with Gasteiger partial charge in [0.15, 0.2) is 5.65 Å². The van der Waals surface area contributed by atoms with Crippen molar-refractivity contribution in [3.63, 3.8) is 0 Å². The number of pyridine rings is 1. The Morgan fingerprint density at radius 1 is 1.29 bits per heavy atom. The molecule has 0 saturated carbocycles. The number of primary amides is 1. The Hall–Kier alpha value is -3.42. The summed E-state index contributed by atoms with van der Waals surface area (Å²) in [5.74, 6) is 1.01. The van der Waals surface area contributed by atoms with E-state index in [-0.39, 0.29) is 5.56 Å².